The summed E-state index contributed by atoms with van der Waals surface area (Å²) in [7, 11) is 0. The van der Waals surface area contributed by atoms with E-state index in [-0.39, 0.29) is 36.4 Å². The number of rotatable bonds is 8. The second kappa shape index (κ2) is 8.75. The maximum absolute atomic E-state index is 12.4. The van der Waals surface area contributed by atoms with Crippen LogP contribution in [0.1, 0.15) is 44.8 Å². The molecule has 0 bridgehead atoms. The van der Waals surface area contributed by atoms with Crippen LogP contribution in [0.5, 0.6) is 0 Å². The van der Waals surface area contributed by atoms with Crippen LogP contribution in [-0.4, -0.2) is 45.8 Å². The van der Waals surface area contributed by atoms with Crippen LogP contribution in [0.15, 0.2) is 22.4 Å². The number of carbonyl (C=O) groups excluding carboxylic acids is 4. The van der Waals surface area contributed by atoms with E-state index in [1.54, 1.807) is 25.1 Å². The number of anilines is 1. The van der Waals surface area contributed by atoms with Crippen molar-refractivity contribution in [3.8, 4) is 0 Å². The molecule has 1 aliphatic heterocycles. The van der Waals surface area contributed by atoms with Gasteiger partial charge in [0.15, 0.2) is 5.13 Å². The molecular weight excluding hydrogens is 412 g/mol. The molecule has 0 unspecified atom stereocenters. The highest BCUT2D eigenvalue weighted by Crippen LogP contribution is 2.32. The number of fused-ring (bicyclic) bond motifs is 1. The number of aromatic nitrogens is 1. The smallest absolute Gasteiger partial charge is 0.261 e. The van der Waals surface area contributed by atoms with E-state index in [2.05, 4.69) is 10.3 Å². The summed E-state index contributed by atoms with van der Waals surface area (Å²) in [5.41, 5.74) is 7.60. The Labute approximate surface area is 175 Å². The first-order chi connectivity index (χ1) is 13.8. The van der Waals surface area contributed by atoms with Crippen LogP contribution in [0.25, 0.3) is 0 Å². The Balaban J connectivity index is 1.51. The van der Waals surface area contributed by atoms with Crippen molar-refractivity contribution < 1.29 is 19.2 Å². The Bertz CT molecular complexity index is 1000. The van der Waals surface area contributed by atoms with Crippen molar-refractivity contribution in [2.75, 3.05) is 17.6 Å². The van der Waals surface area contributed by atoms with Crippen molar-refractivity contribution >= 4 is 51.9 Å². The van der Waals surface area contributed by atoms with Crippen LogP contribution in [0.4, 0.5) is 5.13 Å². The standard InChI is InChI=1S/C19H20N4O4S2/c1-10-5-6-12-13(8-10)17(27)23(16(12)26)7-3-4-15(25)22-19-21-11(2)18(29-19)28-9-14(20)24/h5-6,8H,3-4,7,9H2,1-2H3,(H2,20,24)(H,21,22,25). The summed E-state index contributed by atoms with van der Waals surface area (Å²) in [5, 5.41) is 3.15. The van der Waals surface area contributed by atoms with Crippen molar-refractivity contribution in [3.63, 3.8) is 0 Å². The Morgan fingerprint density at radius 2 is 1.93 bits per heavy atom. The van der Waals surface area contributed by atoms with Crippen LogP contribution >= 0.6 is 23.1 Å². The number of thiazole rings is 1. The minimum atomic E-state index is -0.420. The molecule has 0 saturated carbocycles. The summed E-state index contributed by atoms with van der Waals surface area (Å²) >= 11 is 2.56. The van der Waals surface area contributed by atoms with E-state index in [4.69, 9.17) is 5.73 Å². The summed E-state index contributed by atoms with van der Waals surface area (Å²) in [6.45, 7) is 3.83. The van der Waals surface area contributed by atoms with Gasteiger partial charge in [0.05, 0.1) is 26.8 Å². The zero-order valence-corrected chi connectivity index (χ0v) is 17.6. The molecule has 3 rings (SSSR count). The van der Waals surface area contributed by atoms with E-state index in [1.807, 2.05) is 6.92 Å². The lowest BCUT2D eigenvalue weighted by molar-refractivity contribution is -0.116. The number of amides is 4. The minimum absolute atomic E-state index is 0.148. The highest BCUT2D eigenvalue weighted by Gasteiger charge is 2.34. The molecule has 152 valence electrons. The van der Waals surface area contributed by atoms with Crippen molar-refractivity contribution in [3.05, 3.63) is 40.6 Å². The lowest BCUT2D eigenvalue weighted by Gasteiger charge is -2.13. The van der Waals surface area contributed by atoms with Crippen LogP contribution in [0.2, 0.25) is 0 Å². The summed E-state index contributed by atoms with van der Waals surface area (Å²) < 4.78 is 0.820. The van der Waals surface area contributed by atoms with Gasteiger partial charge in [0.25, 0.3) is 11.8 Å². The lowest BCUT2D eigenvalue weighted by atomic mass is 10.1. The maximum atomic E-state index is 12.4. The molecule has 1 aliphatic rings. The van der Waals surface area contributed by atoms with E-state index in [0.717, 1.165) is 15.5 Å². The fraction of sp³-hybridized carbons (Fsp3) is 0.316. The van der Waals surface area contributed by atoms with Crippen LogP contribution < -0.4 is 11.1 Å². The number of benzene rings is 1. The topological polar surface area (TPSA) is 122 Å². The number of nitrogens with two attached hydrogens (primary N) is 1. The maximum Gasteiger partial charge on any atom is 0.261 e. The minimum Gasteiger partial charge on any atom is -0.369 e. The highest BCUT2D eigenvalue weighted by molar-refractivity contribution is 8.01. The molecule has 8 nitrogen and oxygen atoms in total. The number of nitrogens with zero attached hydrogens (tertiary/aromatic N) is 2. The van der Waals surface area contributed by atoms with E-state index in [0.29, 0.717) is 22.7 Å². The van der Waals surface area contributed by atoms with Gasteiger partial charge in [0, 0.05) is 13.0 Å². The van der Waals surface area contributed by atoms with Crippen LogP contribution in [-0.2, 0) is 9.59 Å². The molecule has 0 atom stereocenters. The summed E-state index contributed by atoms with van der Waals surface area (Å²) in [6, 6.07) is 5.17. The third-order valence-corrected chi connectivity index (χ3v) is 6.72. The molecule has 0 spiro atoms. The molecule has 0 aliphatic carbocycles. The summed E-state index contributed by atoms with van der Waals surface area (Å²) in [5.74, 6) is -1.16. The molecule has 2 heterocycles. The number of carbonyl (C=O) groups is 4. The van der Waals surface area contributed by atoms with E-state index in [1.165, 1.54) is 28.0 Å². The van der Waals surface area contributed by atoms with E-state index < -0.39 is 5.91 Å². The number of imide groups is 1. The first-order valence-electron chi connectivity index (χ1n) is 8.91. The van der Waals surface area contributed by atoms with Gasteiger partial charge in [-0.25, -0.2) is 4.98 Å². The number of aryl methyl sites for hydroxylation is 2. The van der Waals surface area contributed by atoms with Gasteiger partial charge in [-0.15, -0.1) is 11.8 Å². The van der Waals surface area contributed by atoms with Crippen molar-refractivity contribution in [1.82, 2.24) is 9.88 Å². The second-order valence-electron chi connectivity index (χ2n) is 6.61. The van der Waals surface area contributed by atoms with Crippen molar-refractivity contribution in [2.24, 2.45) is 5.73 Å². The SMILES string of the molecule is Cc1ccc2c(c1)C(=O)N(CCCC(=O)Nc1nc(C)c(SCC(N)=O)s1)C2=O. The molecule has 0 radical (unpaired) electrons. The largest absolute Gasteiger partial charge is 0.369 e. The number of thioether (sulfide) groups is 1. The van der Waals surface area contributed by atoms with Crippen molar-refractivity contribution in [1.29, 1.82) is 0 Å². The molecule has 10 heteroatoms. The predicted molar refractivity (Wildman–Crippen MR) is 111 cm³/mol. The fourth-order valence-electron chi connectivity index (χ4n) is 2.89. The Kier molecular flexibility index (Phi) is 6.33. The zero-order chi connectivity index (χ0) is 21.1. The molecule has 1 aromatic carbocycles. The zero-order valence-electron chi connectivity index (χ0n) is 16.0. The highest BCUT2D eigenvalue weighted by atomic mass is 32.2. The molecule has 0 fully saturated rings. The third kappa shape index (κ3) is 4.83. The Hall–Kier alpha value is -2.72. The number of primary amides is 1. The molecule has 1 aromatic heterocycles. The lowest BCUT2D eigenvalue weighted by Crippen LogP contribution is -2.31. The van der Waals surface area contributed by atoms with Gasteiger partial charge < -0.3 is 11.1 Å². The third-order valence-electron chi connectivity index (χ3n) is 4.26. The number of hydrogen-bond acceptors (Lipinski definition) is 7. The fourth-order valence-corrected chi connectivity index (χ4v) is 4.79. The molecule has 4 amide bonds. The van der Waals surface area contributed by atoms with Gasteiger partial charge >= 0.3 is 0 Å². The molecule has 2 aromatic rings. The van der Waals surface area contributed by atoms with E-state index in [9.17, 15) is 19.2 Å². The van der Waals surface area contributed by atoms with Crippen LogP contribution in [0.3, 0.4) is 0 Å². The van der Waals surface area contributed by atoms with Gasteiger partial charge in [-0.2, -0.15) is 0 Å². The van der Waals surface area contributed by atoms with Gasteiger partial charge in [-0.3, -0.25) is 24.1 Å². The van der Waals surface area contributed by atoms with Crippen LogP contribution in [0, 0.1) is 13.8 Å². The quantitative estimate of drug-likeness (QED) is 0.488. The van der Waals surface area contributed by atoms with Gasteiger partial charge in [-0.1, -0.05) is 23.0 Å². The normalized spacial score (nSPS) is 13.0. The molecular formula is C19H20N4O4S2. The molecule has 29 heavy (non-hydrogen) atoms. The second-order valence-corrected chi connectivity index (χ2v) is 8.85. The van der Waals surface area contributed by atoms with Gasteiger partial charge in [0.2, 0.25) is 11.8 Å². The average molecular weight is 433 g/mol. The predicted octanol–water partition coefficient (Wildman–Crippen LogP) is 2.35. The summed E-state index contributed by atoms with van der Waals surface area (Å²) in [4.78, 5) is 53.4. The Morgan fingerprint density at radius 3 is 2.66 bits per heavy atom. The van der Waals surface area contributed by atoms with Gasteiger partial charge in [0.1, 0.15) is 0 Å². The monoisotopic (exact) mass is 432 g/mol. The molecule has 0 saturated heterocycles. The van der Waals surface area contributed by atoms with E-state index >= 15 is 0 Å². The van der Waals surface area contributed by atoms with Gasteiger partial charge in [-0.05, 0) is 32.4 Å². The average Bonchev–Trinajstić information content (AvgIpc) is 3.11. The van der Waals surface area contributed by atoms with Crippen molar-refractivity contribution in [2.45, 2.75) is 30.9 Å². The number of hydrogen-bond donors (Lipinski definition) is 2. The Morgan fingerprint density at radius 1 is 1.21 bits per heavy atom. The summed E-state index contributed by atoms with van der Waals surface area (Å²) in [6.07, 6.45) is 0.499. The molecule has 3 N–H and O–H groups in total. The first kappa shape index (κ1) is 21.0. The first-order valence-corrected chi connectivity index (χ1v) is 10.7. The number of nitrogens with one attached hydrogen (secondary N) is 1.